The Morgan fingerprint density at radius 3 is 2.47 bits per heavy atom. The third-order valence-electron chi connectivity index (χ3n) is 6.07. The standard InChI is InChI=1S/C16H29N/c1-17-16(13-4-2-3-5-13)9-8-15-11-12-6-7-14(15)10-12/h12-17H,2-11H2,1H3. The predicted molar refractivity (Wildman–Crippen MR) is 73.0 cm³/mol. The summed E-state index contributed by atoms with van der Waals surface area (Å²) < 4.78 is 0. The number of nitrogens with one attached hydrogen (secondary N) is 1. The van der Waals surface area contributed by atoms with Crippen molar-refractivity contribution in [3.8, 4) is 0 Å². The van der Waals surface area contributed by atoms with Gasteiger partial charge in [0, 0.05) is 6.04 Å². The van der Waals surface area contributed by atoms with Crippen LogP contribution in [0, 0.1) is 23.7 Å². The van der Waals surface area contributed by atoms with Crippen LogP contribution in [0.25, 0.3) is 0 Å². The van der Waals surface area contributed by atoms with Crippen molar-refractivity contribution in [2.24, 2.45) is 23.7 Å². The van der Waals surface area contributed by atoms with Gasteiger partial charge in [0.15, 0.2) is 0 Å². The van der Waals surface area contributed by atoms with Crippen LogP contribution < -0.4 is 5.32 Å². The molecule has 0 heterocycles. The predicted octanol–water partition coefficient (Wildman–Crippen LogP) is 3.98. The zero-order chi connectivity index (χ0) is 11.7. The summed E-state index contributed by atoms with van der Waals surface area (Å²) in [6.45, 7) is 0. The molecule has 4 atom stereocenters. The molecule has 3 fully saturated rings. The summed E-state index contributed by atoms with van der Waals surface area (Å²) in [4.78, 5) is 0. The van der Waals surface area contributed by atoms with E-state index in [4.69, 9.17) is 0 Å². The Balaban J connectivity index is 1.46. The first-order chi connectivity index (χ1) is 8.36. The molecule has 0 spiro atoms. The second-order valence-corrected chi connectivity index (χ2v) is 6.95. The zero-order valence-corrected chi connectivity index (χ0v) is 11.5. The smallest absolute Gasteiger partial charge is 0.00924 e. The average Bonchev–Trinajstić information content (AvgIpc) is 3.06. The molecule has 0 aliphatic heterocycles. The monoisotopic (exact) mass is 235 g/mol. The first kappa shape index (κ1) is 12.0. The van der Waals surface area contributed by atoms with Crippen LogP contribution in [0.2, 0.25) is 0 Å². The largest absolute Gasteiger partial charge is 0.317 e. The van der Waals surface area contributed by atoms with E-state index < -0.39 is 0 Å². The summed E-state index contributed by atoms with van der Waals surface area (Å²) in [6.07, 6.45) is 15.2. The minimum Gasteiger partial charge on any atom is -0.317 e. The van der Waals surface area contributed by atoms with Gasteiger partial charge < -0.3 is 5.32 Å². The van der Waals surface area contributed by atoms with Crippen LogP contribution in [0.4, 0.5) is 0 Å². The maximum atomic E-state index is 3.61. The Hall–Kier alpha value is -0.0400. The lowest BCUT2D eigenvalue weighted by atomic mass is 9.83. The molecule has 0 amide bonds. The molecule has 2 bridgehead atoms. The number of hydrogen-bond acceptors (Lipinski definition) is 1. The summed E-state index contributed by atoms with van der Waals surface area (Å²) in [7, 11) is 2.18. The molecule has 3 aliphatic carbocycles. The molecule has 3 aliphatic rings. The Kier molecular flexibility index (Phi) is 3.75. The van der Waals surface area contributed by atoms with Crippen molar-refractivity contribution in [3.63, 3.8) is 0 Å². The van der Waals surface area contributed by atoms with Gasteiger partial charge in [-0.2, -0.15) is 0 Å². The fraction of sp³-hybridized carbons (Fsp3) is 1.00. The molecule has 3 saturated carbocycles. The van der Waals surface area contributed by atoms with E-state index in [0.717, 1.165) is 29.7 Å². The van der Waals surface area contributed by atoms with Crippen molar-refractivity contribution < 1.29 is 0 Å². The maximum Gasteiger partial charge on any atom is 0.00924 e. The van der Waals surface area contributed by atoms with E-state index in [1.54, 1.807) is 25.7 Å². The van der Waals surface area contributed by atoms with Gasteiger partial charge in [-0.3, -0.25) is 0 Å². The van der Waals surface area contributed by atoms with Crippen LogP contribution in [0.5, 0.6) is 0 Å². The Morgan fingerprint density at radius 1 is 1.06 bits per heavy atom. The number of hydrogen-bond donors (Lipinski definition) is 1. The molecule has 0 aromatic carbocycles. The van der Waals surface area contributed by atoms with E-state index in [1.165, 1.54) is 38.5 Å². The van der Waals surface area contributed by atoms with Crippen molar-refractivity contribution >= 4 is 0 Å². The normalized spacial score (nSPS) is 39.0. The highest BCUT2D eigenvalue weighted by Crippen LogP contribution is 2.50. The van der Waals surface area contributed by atoms with Crippen molar-refractivity contribution in [1.82, 2.24) is 5.32 Å². The van der Waals surface area contributed by atoms with Gasteiger partial charge >= 0.3 is 0 Å². The summed E-state index contributed by atoms with van der Waals surface area (Å²) in [5.74, 6) is 4.36. The van der Waals surface area contributed by atoms with Gasteiger partial charge in [-0.1, -0.05) is 19.3 Å². The molecule has 3 rings (SSSR count). The highest BCUT2D eigenvalue weighted by atomic mass is 14.9. The zero-order valence-electron chi connectivity index (χ0n) is 11.5. The molecule has 98 valence electrons. The molecule has 4 unspecified atom stereocenters. The first-order valence-electron chi connectivity index (χ1n) is 8.04. The number of rotatable bonds is 5. The van der Waals surface area contributed by atoms with E-state index in [2.05, 4.69) is 12.4 Å². The SMILES string of the molecule is CNC(CCC1CC2CCC1C2)C1CCCC1. The van der Waals surface area contributed by atoms with Crippen LogP contribution in [0.1, 0.15) is 64.2 Å². The van der Waals surface area contributed by atoms with Gasteiger partial charge in [-0.25, -0.2) is 0 Å². The van der Waals surface area contributed by atoms with Gasteiger partial charge in [0.1, 0.15) is 0 Å². The molecule has 1 N–H and O–H groups in total. The highest BCUT2D eigenvalue weighted by molar-refractivity contribution is 4.91. The molecule has 0 aromatic heterocycles. The molecular weight excluding hydrogens is 206 g/mol. The Bertz CT molecular complexity index is 244. The molecule has 1 nitrogen and oxygen atoms in total. The van der Waals surface area contributed by atoms with Crippen LogP contribution in [-0.2, 0) is 0 Å². The molecule has 0 radical (unpaired) electrons. The molecular formula is C16H29N. The van der Waals surface area contributed by atoms with Crippen LogP contribution >= 0.6 is 0 Å². The second kappa shape index (κ2) is 5.30. The second-order valence-electron chi connectivity index (χ2n) is 6.95. The van der Waals surface area contributed by atoms with Crippen molar-refractivity contribution in [1.29, 1.82) is 0 Å². The van der Waals surface area contributed by atoms with Gasteiger partial charge in [-0.05, 0) is 75.7 Å². The fourth-order valence-corrected chi connectivity index (χ4v) is 5.10. The van der Waals surface area contributed by atoms with Gasteiger partial charge in [0.05, 0.1) is 0 Å². The maximum absolute atomic E-state index is 3.61. The van der Waals surface area contributed by atoms with E-state index in [1.807, 2.05) is 0 Å². The highest BCUT2D eigenvalue weighted by Gasteiger charge is 2.39. The van der Waals surface area contributed by atoms with Crippen molar-refractivity contribution in [2.45, 2.75) is 70.3 Å². The topological polar surface area (TPSA) is 12.0 Å². The van der Waals surface area contributed by atoms with Gasteiger partial charge in [0.2, 0.25) is 0 Å². The number of fused-ring (bicyclic) bond motifs is 2. The van der Waals surface area contributed by atoms with Crippen molar-refractivity contribution in [2.75, 3.05) is 7.05 Å². The van der Waals surface area contributed by atoms with E-state index >= 15 is 0 Å². The minimum absolute atomic E-state index is 0.830. The minimum atomic E-state index is 0.830. The van der Waals surface area contributed by atoms with E-state index in [9.17, 15) is 0 Å². The third kappa shape index (κ3) is 2.54. The lowest BCUT2D eigenvalue weighted by Crippen LogP contribution is -2.33. The molecule has 17 heavy (non-hydrogen) atoms. The lowest BCUT2D eigenvalue weighted by Gasteiger charge is -2.27. The van der Waals surface area contributed by atoms with Crippen molar-refractivity contribution in [3.05, 3.63) is 0 Å². The summed E-state index contributed by atoms with van der Waals surface area (Å²) in [5, 5.41) is 3.61. The van der Waals surface area contributed by atoms with E-state index in [-0.39, 0.29) is 0 Å². The first-order valence-corrected chi connectivity index (χ1v) is 8.04. The van der Waals surface area contributed by atoms with Crippen LogP contribution in [0.3, 0.4) is 0 Å². The summed E-state index contributed by atoms with van der Waals surface area (Å²) in [5.41, 5.74) is 0. The van der Waals surface area contributed by atoms with Gasteiger partial charge in [-0.15, -0.1) is 0 Å². The average molecular weight is 235 g/mol. The third-order valence-corrected chi connectivity index (χ3v) is 6.07. The van der Waals surface area contributed by atoms with Crippen LogP contribution in [-0.4, -0.2) is 13.1 Å². The molecule has 1 heteroatoms. The quantitative estimate of drug-likeness (QED) is 0.760. The molecule has 0 saturated heterocycles. The fourth-order valence-electron chi connectivity index (χ4n) is 5.10. The molecule has 0 aromatic rings. The van der Waals surface area contributed by atoms with E-state index in [0.29, 0.717) is 0 Å². The lowest BCUT2D eigenvalue weighted by molar-refractivity contribution is 0.270. The Labute approximate surface area is 107 Å². The summed E-state index contributed by atoms with van der Waals surface area (Å²) >= 11 is 0. The van der Waals surface area contributed by atoms with Gasteiger partial charge in [0.25, 0.3) is 0 Å². The summed E-state index contributed by atoms with van der Waals surface area (Å²) in [6, 6.07) is 0.830. The van der Waals surface area contributed by atoms with Crippen LogP contribution in [0.15, 0.2) is 0 Å². The Morgan fingerprint density at radius 2 is 1.88 bits per heavy atom.